The Labute approximate surface area is 208 Å². The number of hydrogen-bond donors (Lipinski definition) is 2. The monoisotopic (exact) mass is 481 g/mol. The normalized spacial score (nSPS) is 17.5. The highest BCUT2D eigenvalue weighted by Gasteiger charge is 2.40. The highest BCUT2D eigenvalue weighted by Crippen LogP contribution is 2.34. The van der Waals surface area contributed by atoms with Crippen molar-refractivity contribution >= 4 is 17.8 Å². The second kappa shape index (κ2) is 11.6. The van der Waals surface area contributed by atoms with Crippen molar-refractivity contribution in [2.24, 2.45) is 5.92 Å². The summed E-state index contributed by atoms with van der Waals surface area (Å²) in [6.07, 6.45) is 2.13. The Morgan fingerprint density at radius 1 is 1.20 bits per heavy atom. The second-order valence-electron chi connectivity index (χ2n) is 9.99. The Morgan fingerprint density at radius 2 is 1.89 bits per heavy atom. The zero-order valence-electron chi connectivity index (χ0n) is 21.8. The number of aromatic amines is 1. The molecule has 2 amide bonds. The summed E-state index contributed by atoms with van der Waals surface area (Å²) in [6.45, 7) is 10.7. The molecule has 0 spiro atoms. The smallest absolute Gasteiger partial charge is 0.328 e. The highest BCUT2D eigenvalue weighted by atomic mass is 16.5. The van der Waals surface area contributed by atoms with Crippen LogP contribution in [0, 0.1) is 19.8 Å². The molecule has 7 heteroatoms. The number of carbonyl (C=O) groups is 3. The number of aryl methyl sites for hydroxylation is 1. The molecule has 0 bridgehead atoms. The van der Waals surface area contributed by atoms with Gasteiger partial charge in [0.25, 0.3) is 0 Å². The molecule has 0 radical (unpaired) electrons. The summed E-state index contributed by atoms with van der Waals surface area (Å²) in [7, 11) is 1.32. The number of benzene rings is 1. The fraction of sp³-hybridized carbons (Fsp3) is 0.536. The van der Waals surface area contributed by atoms with Crippen LogP contribution < -0.4 is 5.32 Å². The standard InChI is InChI=1S/C28H39N3O4/c1-7-22-18(4)26(29-19(22)5)21-15-25(32)31(16-21)24(14-20-11-9-8-10-12-20)27(33)30-23(13-17(2)3)28(34)35-6/h8-12,17,21,23-24,29H,7,13-16H2,1-6H3,(H,30,33)/t21?,23-,24-/m0/s1. The molecule has 1 aromatic carbocycles. The van der Waals surface area contributed by atoms with E-state index in [2.05, 4.69) is 31.1 Å². The highest BCUT2D eigenvalue weighted by molar-refractivity contribution is 5.92. The maximum atomic E-state index is 13.6. The van der Waals surface area contributed by atoms with Crippen molar-refractivity contribution in [3.8, 4) is 0 Å². The van der Waals surface area contributed by atoms with E-state index >= 15 is 0 Å². The maximum absolute atomic E-state index is 13.6. The van der Waals surface area contributed by atoms with E-state index in [1.165, 1.54) is 18.2 Å². The Kier molecular flexibility index (Phi) is 8.76. The van der Waals surface area contributed by atoms with Gasteiger partial charge >= 0.3 is 5.97 Å². The molecule has 3 rings (SSSR count). The molecule has 1 unspecified atom stereocenters. The minimum absolute atomic E-state index is 0.000332. The van der Waals surface area contributed by atoms with Crippen LogP contribution in [0.15, 0.2) is 30.3 Å². The quantitative estimate of drug-likeness (QED) is 0.505. The van der Waals surface area contributed by atoms with Crippen molar-refractivity contribution in [1.29, 1.82) is 0 Å². The number of aromatic nitrogens is 1. The molecule has 1 saturated heterocycles. The molecule has 35 heavy (non-hydrogen) atoms. The molecule has 1 aromatic heterocycles. The predicted octanol–water partition coefficient (Wildman–Crippen LogP) is 3.83. The van der Waals surface area contributed by atoms with Gasteiger partial charge in [0.05, 0.1) is 7.11 Å². The summed E-state index contributed by atoms with van der Waals surface area (Å²) < 4.78 is 4.93. The lowest BCUT2D eigenvalue weighted by atomic mass is 9.98. The van der Waals surface area contributed by atoms with Crippen molar-refractivity contribution in [3.63, 3.8) is 0 Å². The first-order valence-corrected chi connectivity index (χ1v) is 12.6. The SMILES string of the molecule is CCc1c(C)[nH]c(C2CC(=O)N([C@@H](Cc3ccccc3)C(=O)N[C@@H](CC(C)C)C(=O)OC)C2)c1C. The number of rotatable bonds is 10. The van der Waals surface area contributed by atoms with Gasteiger partial charge in [-0.2, -0.15) is 0 Å². The molecule has 7 nitrogen and oxygen atoms in total. The molecule has 1 aliphatic rings. The lowest BCUT2D eigenvalue weighted by Gasteiger charge is -2.29. The first kappa shape index (κ1) is 26.5. The number of H-pyrrole nitrogens is 1. The largest absolute Gasteiger partial charge is 0.467 e. The Balaban J connectivity index is 1.88. The fourth-order valence-corrected chi connectivity index (χ4v) is 5.26. The maximum Gasteiger partial charge on any atom is 0.328 e. The van der Waals surface area contributed by atoms with Gasteiger partial charge in [-0.3, -0.25) is 9.59 Å². The Hall–Kier alpha value is -3.09. The van der Waals surface area contributed by atoms with E-state index < -0.39 is 18.1 Å². The first-order valence-electron chi connectivity index (χ1n) is 12.6. The Bertz CT molecular complexity index is 1040. The summed E-state index contributed by atoms with van der Waals surface area (Å²) in [5, 5.41) is 2.89. The Morgan fingerprint density at radius 3 is 2.46 bits per heavy atom. The third kappa shape index (κ3) is 6.13. The first-order chi connectivity index (χ1) is 16.7. The van der Waals surface area contributed by atoms with Crippen LogP contribution in [0.3, 0.4) is 0 Å². The average molecular weight is 482 g/mol. The van der Waals surface area contributed by atoms with Gasteiger partial charge < -0.3 is 19.9 Å². The van der Waals surface area contributed by atoms with Crippen molar-refractivity contribution in [2.75, 3.05) is 13.7 Å². The number of ether oxygens (including phenoxy) is 1. The van der Waals surface area contributed by atoms with Crippen LogP contribution in [0.5, 0.6) is 0 Å². The van der Waals surface area contributed by atoms with Gasteiger partial charge in [-0.1, -0.05) is 51.1 Å². The molecule has 2 aromatic rings. The van der Waals surface area contributed by atoms with Gasteiger partial charge in [-0.25, -0.2) is 4.79 Å². The molecular weight excluding hydrogens is 442 g/mol. The number of methoxy groups -OCH3 is 1. The molecule has 2 heterocycles. The van der Waals surface area contributed by atoms with Crippen LogP contribution in [0.1, 0.15) is 67.6 Å². The summed E-state index contributed by atoms with van der Waals surface area (Å²) >= 11 is 0. The average Bonchev–Trinajstić information content (AvgIpc) is 3.34. The summed E-state index contributed by atoms with van der Waals surface area (Å²) in [5.74, 6) is -0.654. The van der Waals surface area contributed by atoms with E-state index in [4.69, 9.17) is 4.74 Å². The number of esters is 1. The van der Waals surface area contributed by atoms with Gasteiger partial charge in [-0.15, -0.1) is 0 Å². The molecule has 2 N–H and O–H groups in total. The third-order valence-corrected chi connectivity index (χ3v) is 7.01. The van der Waals surface area contributed by atoms with Crippen molar-refractivity contribution in [1.82, 2.24) is 15.2 Å². The van der Waals surface area contributed by atoms with Gasteiger partial charge in [0.2, 0.25) is 11.8 Å². The van der Waals surface area contributed by atoms with Gasteiger partial charge in [-0.05, 0) is 49.3 Å². The van der Waals surface area contributed by atoms with E-state index in [-0.39, 0.29) is 23.7 Å². The van der Waals surface area contributed by atoms with E-state index in [1.54, 1.807) is 4.90 Å². The van der Waals surface area contributed by atoms with Crippen LogP contribution in [-0.4, -0.2) is 53.4 Å². The van der Waals surface area contributed by atoms with Gasteiger partial charge in [0.1, 0.15) is 12.1 Å². The van der Waals surface area contributed by atoms with Crippen LogP contribution in [0.4, 0.5) is 0 Å². The topological polar surface area (TPSA) is 91.5 Å². The number of nitrogens with zero attached hydrogens (tertiary/aromatic N) is 1. The van der Waals surface area contributed by atoms with Gasteiger partial charge in [0, 0.05) is 36.7 Å². The van der Waals surface area contributed by atoms with Gasteiger partial charge in [0.15, 0.2) is 0 Å². The zero-order valence-corrected chi connectivity index (χ0v) is 21.8. The fourth-order valence-electron chi connectivity index (χ4n) is 5.26. The zero-order chi connectivity index (χ0) is 25.7. The minimum Gasteiger partial charge on any atom is -0.467 e. The van der Waals surface area contributed by atoms with E-state index in [9.17, 15) is 14.4 Å². The number of nitrogens with one attached hydrogen (secondary N) is 2. The van der Waals surface area contributed by atoms with Crippen LogP contribution in [0.2, 0.25) is 0 Å². The second-order valence-corrected chi connectivity index (χ2v) is 9.99. The van der Waals surface area contributed by atoms with E-state index in [0.29, 0.717) is 25.8 Å². The molecule has 1 aliphatic heterocycles. The van der Waals surface area contributed by atoms with Crippen molar-refractivity contribution in [3.05, 3.63) is 58.4 Å². The number of likely N-dealkylation sites (tertiary alicyclic amines) is 1. The summed E-state index contributed by atoms with van der Waals surface area (Å²) in [5.41, 5.74) is 5.68. The van der Waals surface area contributed by atoms with E-state index in [0.717, 1.165) is 23.4 Å². The van der Waals surface area contributed by atoms with Crippen molar-refractivity contribution < 1.29 is 19.1 Å². The predicted molar refractivity (Wildman–Crippen MR) is 136 cm³/mol. The molecular formula is C28H39N3O4. The number of hydrogen-bond acceptors (Lipinski definition) is 4. The van der Waals surface area contributed by atoms with Crippen molar-refractivity contribution in [2.45, 2.75) is 78.3 Å². The molecule has 3 atom stereocenters. The third-order valence-electron chi connectivity index (χ3n) is 7.01. The lowest BCUT2D eigenvalue weighted by molar-refractivity contribution is -0.146. The van der Waals surface area contributed by atoms with Crippen LogP contribution >= 0.6 is 0 Å². The minimum atomic E-state index is -0.750. The van der Waals surface area contributed by atoms with E-state index in [1.807, 2.05) is 44.2 Å². The summed E-state index contributed by atoms with van der Waals surface area (Å²) in [4.78, 5) is 44.4. The number of amides is 2. The van der Waals surface area contributed by atoms with Crippen LogP contribution in [-0.2, 0) is 32.0 Å². The molecule has 190 valence electrons. The molecule has 1 fully saturated rings. The summed E-state index contributed by atoms with van der Waals surface area (Å²) in [6, 6.07) is 8.22. The molecule has 0 saturated carbocycles. The number of carbonyl (C=O) groups excluding carboxylic acids is 3. The molecule has 0 aliphatic carbocycles. The van der Waals surface area contributed by atoms with Crippen LogP contribution in [0.25, 0.3) is 0 Å². The lowest BCUT2D eigenvalue weighted by Crippen LogP contribution is -2.53.